The van der Waals surface area contributed by atoms with E-state index in [-0.39, 0.29) is 17.9 Å². The van der Waals surface area contributed by atoms with Gasteiger partial charge in [0.15, 0.2) is 11.5 Å². The maximum absolute atomic E-state index is 12.4. The fourth-order valence-electron chi connectivity index (χ4n) is 2.92. The molecular formula is C17H26N2O3. The van der Waals surface area contributed by atoms with E-state index in [0.29, 0.717) is 11.5 Å². The number of carbonyl (C=O) groups excluding carboxylic acids is 1. The minimum absolute atomic E-state index is 0.0560. The Morgan fingerprint density at radius 1 is 1.32 bits per heavy atom. The fraction of sp³-hybridized carbons (Fsp3) is 0.588. The molecule has 0 bridgehead atoms. The summed E-state index contributed by atoms with van der Waals surface area (Å²) in [6.07, 6.45) is 2.05. The third-order valence-corrected chi connectivity index (χ3v) is 4.26. The summed E-state index contributed by atoms with van der Waals surface area (Å²) in [6, 6.07) is 5.68. The molecule has 2 rings (SSSR count). The molecule has 5 nitrogen and oxygen atoms in total. The summed E-state index contributed by atoms with van der Waals surface area (Å²) in [5.41, 5.74) is 1.01. The molecule has 0 spiro atoms. The molecule has 1 aromatic rings. The van der Waals surface area contributed by atoms with Crippen LogP contribution in [0.15, 0.2) is 18.2 Å². The van der Waals surface area contributed by atoms with Gasteiger partial charge in [-0.1, -0.05) is 6.07 Å². The van der Waals surface area contributed by atoms with Gasteiger partial charge < -0.3 is 19.7 Å². The van der Waals surface area contributed by atoms with Crippen molar-refractivity contribution >= 4 is 5.91 Å². The minimum atomic E-state index is -0.0560. The maximum Gasteiger partial charge on any atom is 0.224 e. The lowest BCUT2D eigenvalue weighted by Gasteiger charge is -2.29. The van der Waals surface area contributed by atoms with Crippen LogP contribution in [0.5, 0.6) is 11.5 Å². The number of hydrogen-bond donors (Lipinski definition) is 1. The number of rotatable bonds is 5. The number of carbonyl (C=O) groups is 1. The second-order valence-electron chi connectivity index (χ2n) is 5.95. The first-order valence-electron chi connectivity index (χ1n) is 7.76. The molecule has 0 aromatic heterocycles. The monoisotopic (exact) mass is 306 g/mol. The third kappa shape index (κ3) is 3.91. The molecule has 2 atom stereocenters. The standard InChI is InChI=1S/C17H26N2O3/c1-12(13-7-8-15(21-3)16(10-13)22-4)18-17(20)14-6-5-9-19(2)11-14/h7-8,10,12,14H,5-6,9,11H2,1-4H3,(H,18,20). The van der Waals surface area contributed by atoms with Crippen molar-refractivity contribution in [2.45, 2.75) is 25.8 Å². The Labute approximate surface area is 132 Å². The van der Waals surface area contributed by atoms with E-state index < -0.39 is 0 Å². The van der Waals surface area contributed by atoms with E-state index in [0.717, 1.165) is 31.5 Å². The number of hydrogen-bond acceptors (Lipinski definition) is 4. The first kappa shape index (κ1) is 16.6. The lowest BCUT2D eigenvalue weighted by molar-refractivity contribution is -0.127. The highest BCUT2D eigenvalue weighted by Gasteiger charge is 2.25. The zero-order valence-corrected chi connectivity index (χ0v) is 13.9. The van der Waals surface area contributed by atoms with Crippen LogP contribution in [-0.4, -0.2) is 45.2 Å². The molecule has 1 aliphatic rings. The van der Waals surface area contributed by atoms with Gasteiger partial charge in [-0.25, -0.2) is 0 Å². The molecule has 1 N–H and O–H groups in total. The predicted molar refractivity (Wildman–Crippen MR) is 86.3 cm³/mol. The van der Waals surface area contributed by atoms with E-state index in [4.69, 9.17) is 9.47 Å². The molecule has 0 radical (unpaired) electrons. The van der Waals surface area contributed by atoms with Crippen LogP contribution in [0, 0.1) is 5.92 Å². The van der Waals surface area contributed by atoms with Crippen LogP contribution in [0.4, 0.5) is 0 Å². The quantitative estimate of drug-likeness (QED) is 0.906. The lowest BCUT2D eigenvalue weighted by Crippen LogP contribution is -2.42. The average Bonchev–Trinajstić information content (AvgIpc) is 2.54. The Balaban J connectivity index is 2.02. The second kappa shape index (κ2) is 7.49. The lowest BCUT2D eigenvalue weighted by atomic mass is 9.97. The van der Waals surface area contributed by atoms with Gasteiger partial charge in [-0.15, -0.1) is 0 Å². The van der Waals surface area contributed by atoms with E-state index in [1.807, 2.05) is 25.1 Å². The average molecular weight is 306 g/mol. The summed E-state index contributed by atoms with van der Waals surface area (Å²) in [5.74, 6) is 1.59. The molecule has 1 saturated heterocycles. The van der Waals surface area contributed by atoms with Crippen molar-refractivity contribution < 1.29 is 14.3 Å². The van der Waals surface area contributed by atoms with Gasteiger partial charge in [-0.3, -0.25) is 4.79 Å². The summed E-state index contributed by atoms with van der Waals surface area (Å²) in [7, 11) is 5.29. The number of benzene rings is 1. The zero-order chi connectivity index (χ0) is 16.1. The Morgan fingerprint density at radius 3 is 2.68 bits per heavy atom. The smallest absolute Gasteiger partial charge is 0.224 e. The summed E-state index contributed by atoms with van der Waals surface area (Å²) in [5, 5.41) is 3.11. The predicted octanol–water partition coefficient (Wildman–Crippen LogP) is 2.22. The van der Waals surface area contributed by atoms with Crippen molar-refractivity contribution in [2.24, 2.45) is 5.92 Å². The van der Waals surface area contributed by atoms with Crippen LogP contribution in [0.3, 0.4) is 0 Å². The molecular weight excluding hydrogens is 280 g/mol. The molecule has 1 aliphatic heterocycles. The number of methoxy groups -OCH3 is 2. The third-order valence-electron chi connectivity index (χ3n) is 4.26. The van der Waals surface area contributed by atoms with Crippen molar-refractivity contribution in [3.8, 4) is 11.5 Å². The van der Waals surface area contributed by atoms with Gasteiger partial charge in [0.1, 0.15) is 0 Å². The minimum Gasteiger partial charge on any atom is -0.493 e. The molecule has 1 heterocycles. The van der Waals surface area contributed by atoms with Gasteiger partial charge in [-0.2, -0.15) is 0 Å². The normalized spacial score (nSPS) is 20.3. The Hall–Kier alpha value is -1.75. The molecule has 0 saturated carbocycles. The highest BCUT2D eigenvalue weighted by Crippen LogP contribution is 2.30. The Morgan fingerprint density at radius 2 is 2.05 bits per heavy atom. The van der Waals surface area contributed by atoms with Crippen LogP contribution in [0.2, 0.25) is 0 Å². The molecule has 22 heavy (non-hydrogen) atoms. The highest BCUT2D eigenvalue weighted by molar-refractivity contribution is 5.79. The van der Waals surface area contributed by atoms with Gasteiger partial charge in [0.25, 0.3) is 0 Å². The van der Waals surface area contributed by atoms with Crippen LogP contribution >= 0.6 is 0 Å². The number of nitrogens with zero attached hydrogens (tertiary/aromatic N) is 1. The van der Waals surface area contributed by atoms with Gasteiger partial charge in [0, 0.05) is 6.54 Å². The zero-order valence-electron chi connectivity index (χ0n) is 13.9. The maximum atomic E-state index is 12.4. The number of likely N-dealkylation sites (tertiary alicyclic amines) is 1. The summed E-state index contributed by atoms with van der Waals surface area (Å²) >= 11 is 0. The molecule has 2 unspecified atom stereocenters. The first-order valence-corrected chi connectivity index (χ1v) is 7.76. The van der Waals surface area contributed by atoms with Gasteiger partial charge in [-0.05, 0) is 51.1 Å². The van der Waals surface area contributed by atoms with Crippen molar-refractivity contribution in [2.75, 3.05) is 34.4 Å². The van der Waals surface area contributed by atoms with E-state index in [1.165, 1.54) is 0 Å². The topological polar surface area (TPSA) is 50.8 Å². The molecule has 1 fully saturated rings. The largest absolute Gasteiger partial charge is 0.493 e. The van der Waals surface area contributed by atoms with Crippen LogP contribution in [0.1, 0.15) is 31.4 Å². The van der Waals surface area contributed by atoms with Gasteiger partial charge in [0.05, 0.1) is 26.2 Å². The number of amides is 1. The van der Waals surface area contributed by atoms with Crippen LogP contribution < -0.4 is 14.8 Å². The second-order valence-corrected chi connectivity index (χ2v) is 5.95. The van der Waals surface area contributed by atoms with Gasteiger partial charge >= 0.3 is 0 Å². The van der Waals surface area contributed by atoms with Crippen LogP contribution in [-0.2, 0) is 4.79 Å². The number of nitrogens with one attached hydrogen (secondary N) is 1. The first-order chi connectivity index (χ1) is 10.5. The van der Waals surface area contributed by atoms with Crippen LogP contribution in [0.25, 0.3) is 0 Å². The summed E-state index contributed by atoms with van der Waals surface area (Å²) in [6.45, 7) is 3.91. The van der Waals surface area contributed by atoms with E-state index in [9.17, 15) is 4.79 Å². The Kier molecular flexibility index (Phi) is 5.66. The fourth-order valence-corrected chi connectivity index (χ4v) is 2.92. The number of ether oxygens (including phenoxy) is 2. The molecule has 1 amide bonds. The van der Waals surface area contributed by atoms with Crippen molar-refractivity contribution in [1.29, 1.82) is 0 Å². The van der Waals surface area contributed by atoms with E-state index in [2.05, 4.69) is 17.3 Å². The highest BCUT2D eigenvalue weighted by atomic mass is 16.5. The van der Waals surface area contributed by atoms with Gasteiger partial charge in [0.2, 0.25) is 5.91 Å². The summed E-state index contributed by atoms with van der Waals surface area (Å²) in [4.78, 5) is 14.6. The molecule has 5 heteroatoms. The summed E-state index contributed by atoms with van der Waals surface area (Å²) < 4.78 is 10.6. The molecule has 1 aromatic carbocycles. The molecule has 0 aliphatic carbocycles. The number of piperidine rings is 1. The Bertz CT molecular complexity index is 519. The van der Waals surface area contributed by atoms with E-state index >= 15 is 0 Å². The van der Waals surface area contributed by atoms with E-state index in [1.54, 1.807) is 14.2 Å². The molecule has 122 valence electrons. The van der Waals surface area contributed by atoms with Crippen molar-refractivity contribution in [1.82, 2.24) is 10.2 Å². The SMILES string of the molecule is COc1ccc(C(C)NC(=O)C2CCCN(C)C2)cc1OC. The van der Waals surface area contributed by atoms with Crippen molar-refractivity contribution in [3.05, 3.63) is 23.8 Å². The van der Waals surface area contributed by atoms with Crippen molar-refractivity contribution in [3.63, 3.8) is 0 Å².